The van der Waals surface area contributed by atoms with E-state index in [-0.39, 0.29) is 43.5 Å². The second-order valence-electron chi connectivity index (χ2n) is 7.25. The molecular formula is C24H22ClN3O4. The van der Waals surface area contributed by atoms with Gasteiger partial charge in [-0.3, -0.25) is 9.59 Å². The van der Waals surface area contributed by atoms with Crippen LogP contribution in [0.2, 0.25) is 5.02 Å². The first-order valence-corrected chi connectivity index (χ1v) is 10.5. The fourth-order valence-corrected chi connectivity index (χ4v) is 3.39. The van der Waals surface area contributed by atoms with Crippen LogP contribution in [0, 0.1) is 6.57 Å². The van der Waals surface area contributed by atoms with E-state index in [4.69, 9.17) is 27.4 Å². The molecule has 0 aliphatic carbocycles. The fourth-order valence-electron chi connectivity index (χ4n) is 3.26. The lowest BCUT2D eigenvalue weighted by Crippen LogP contribution is -2.14. The predicted octanol–water partition coefficient (Wildman–Crippen LogP) is 4.91. The van der Waals surface area contributed by atoms with Crippen LogP contribution >= 0.6 is 11.6 Å². The van der Waals surface area contributed by atoms with Crippen molar-refractivity contribution in [2.45, 2.75) is 38.5 Å². The largest absolute Gasteiger partial charge is 0.466 e. The lowest BCUT2D eigenvalue weighted by atomic mass is 9.91. The molecule has 0 fully saturated rings. The monoisotopic (exact) mass is 451 g/mol. The zero-order chi connectivity index (χ0) is 22.9. The zero-order valence-electron chi connectivity index (χ0n) is 17.6. The van der Waals surface area contributed by atoms with Crippen LogP contribution in [0.15, 0.2) is 53.1 Å². The number of ketones is 1. The number of benzene rings is 2. The first-order valence-electron chi connectivity index (χ1n) is 10.2. The summed E-state index contributed by atoms with van der Waals surface area (Å²) in [6, 6.07) is 14.3. The summed E-state index contributed by atoms with van der Waals surface area (Å²) in [5.74, 6) is -0.240. The predicted molar refractivity (Wildman–Crippen MR) is 119 cm³/mol. The molecule has 0 bridgehead atoms. The third-order valence-corrected chi connectivity index (χ3v) is 5.04. The van der Waals surface area contributed by atoms with E-state index in [0.717, 1.165) is 11.1 Å². The van der Waals surface area contributed by atoms with E-state index in [0.29, 0.717) is 23.0 Å². The van der Waals surface area contributed by atoms with E-state index in [2.05, 4.69) is 15.0 Å². The van der Waals surface area contributed by atoms with Crippen molar-refractivity contribution in [2.24, 2.45) is 0 Å². The zero-order valence-corrected chi connectivity index (χ0v) is 18.3. The molecule has 0 radical (unpaired) electrons. The van der Waals surface area contributed by atoms with E-state index >= 15 is 0 Å². The topological polar surface area (TPSA) is 86.7 Å². The average Bonchev–Trinajstić information content (AvgIpc) is 3.24. The minimum absolute atomic E-state index is 0.0104. The number of halogens is 1. The van der Waals surface area contributed by atoms with Gasteiger partial charge < -0.3 is 9.26 Å². The number of hydrogen-bond acceptors (Lipinski definition) is 6. The molecule has 0 spiro atoms. The highest BCUT2D eigenvalue weighted by Gasteiger charge is 2.23. The SMILES string of the molecule is [C-]#[N+]c1ccc(CC(=O)C[C@@H](Cc2ccc(Cl)cc2)c2noc(CC(=O)OCC)n2)cc1. The molecular weight excluding hydrogens is 430 g/mol. The van der Waals surface area contributed by atoms with E-state index in [9.17, 15) is 9.59 Å². The van der Waals surface area contributed by atoms with Gasteiger partial charge in [-0.15, -0.1) is 0 Å². The lowest BCUT2D eigenvalue weighted by molar-refractivity contribution is -0.142. The normalized spacial score (nSPS) is 11.5. The molecule has 0 aliphatic rings. The Morgan fingerprint density at radius 2 is 1.78 bits per heavy atom. The molecule has 0 aliphatic heterocycles. The van der Waals surface area contributed by atoms with Crippen LogP contribution in [0.4, 0.5) is 5.69 Å². The van der Waals surface area contributed by atoms with Crippen molar-refractivity contribution in [1.29, 1.82) is 0 Å². The van der Waals surface area contributed by atoms with E-state index < -0.39 is 5.97 Å². The summed E-state index contributed by atoms with van der Waals surface area (Å²) in [6.07, 6.45) is 0.836. The van der Waals surface area contributed by atoms with Crippen molar-refractivity contribution in [3.8, 4) is 0 Å². The minimum atomic E-state index is -0.448. The van der Waals surface area contributed by atoms with Crippen LogP contribution in [0.3, 0.4) is 0 Å². The maximum atomic E-state index is 12.8. The van der Waals surface area contributed by atoms with Gasteiger partial charge in [0.15, 0.2) is 11.5 Å². The van der Waals surface area contributed by atoms with Gasteiger partial charge in [0.05, 0.1) is 13.2 Å². The van der Waals surface area contributed by atoms with Gasteiger partial charge in [0.1, 0.15) is 12.2 Å². The van der Waals surface area contributed by atoms with Crippen molar-refractivity contribution in [3.63, 3.8) is 0 Å². The second-order valence-corrected chi connectivity index (χ2v) is 7.69. The van der Waals surface area contributed by atoms with E-state index in [1.54, 1.807) is 43.3 Å². The number of aromatic nitrogens is 2. The number of esters is 1. The van der Waals surface area contributed by atoms with Crippen LogP contribution < -0.4 is 0 Å². The highest BCUT2D eigenvalue weighted by molar-refractivity contribution is 6.30. The number of Topliss-reactive ketones (excluding diaryl/α,β-unsaturated/α-hetero) is 1. The molecule has 1 heterocycles. The summed E-state index contributed by atoms with van der Waals surface area (Å²) >= 11 is 5.98. The van der Waals surface area contributed by atoms with Gasteiger partial charge in [-0.1, -0.05) is 53.2 Å². The summed E-state index contributed by atoms with van der Waals surface area (Å²) in [4.78, 5) is 32.2. The van der Waals surface area contributed by atoms with Gasteiger partial charge in [0.2, 0.25) is 5.89 Å². The van der Waals surface area contributed by atoms with Gasteiger partial charge in [0, 0.05) is 23.8 Å². The average molecular weight is 452 g/mol. The molecule has 0 unspecified atom stereocenters. The molecule has 7 nitrogen and oxygen atoms in total. The number of nitrogens with zero attached hydrogens (tertiary/aromatic N) is 3. The van der Waals surface area contributed by atoms with Crippen molar-refractivity contribution in [2.75, 3.05) is 6.61 Å². The number of hydrogen-bond donors (Lipinski definition) is 0. The smallest absolute Gasteiger partial charge is 0.315 e. The molecule has 2 aromatic carbocycles. The van der Waals surface area contributed by atoms with Crippen molar-refractivity contribution in [3.05, 3.63) is 87.8 Å². The Labute approximate surface area is 191 Å². The molecule has 8 heteroatoms. The first-order chi connectivity index (χ1) is 15.5. The molecule has 1 aromatic heterocycles. The molecule has 164 valence electrons. The molecule has 0 N–H and O–H groups in total. The molecule has 0 saturated carbocycles. The summed E-state index contributed by atoms with van der Waals surface area (Å²) in [7, 11) is 0. The van der Waals surface area contributed by atoms with Gasteiger partial charge >= 0.3 is 5.97 Å². The van der Waals surface area contributed by atoms with Crippen LogP contribution in [0.1, 0.15) is 42.1 Å². The van der Waals surface area contributed by atoms with Crippen molar-refractivity contribution >= 4 is 29.0 Å². The van der Waals surface area contributed by atoms with Crippen LogP contribution in [0.5, 0.6) is 0 Å². The molecule has 3 aromatic rings. The van der Waals surface area contributed by atoms with Crippen LogP contribution in [-0.4, -0.2) is 28.5 Å². The van der Waals surface area contributed by atoms with Gasteiger partial charge in [-0.05, 0) is 36.6 Å². The molecule has 1 atom stereocenters. The molecule has 3 rings (SSSR count). The van der Waals surface area contributed by atoms with Gasteiger partial charge in [-0.2, -0.15) is 4.98 Å². The maximum Gasteiger partial charge on any atom is 0.315 e. The fraction of sp³-hybridized carbons (Fsp3) is 0.292. The Morgan fingerprint density at radius 3 is 2.44 bits per heavy atom. The van der Waals surface area contributed by atoms with Crippen LogP contribution in [0.25, 0.3) is 4.85 Å². The number of carbonyl (C=O) groups is 2. The second kappa shape index (κ2) is 11.2. The Kier molecular flexibility index (Phi) is 8.12. The molecule has 0 amide bonds. The molecule has 32 heavy (non-hydrogen) atoms. The Morgan fingerprint density at radius 1 is 1.09 bits per heavy atom. The standard InChI is InChI=1S/C24H22ClN3O4/c1-3-31-23(30)15-22-27-24(28-32-22)18(12-16-4-8-19(25)9-5-16)14-21(29)13-17-6-10-20(26-2)11-7-17/h4-11,18H,3,12-15H2,1H3/t18-/m1/s1. The van der Waals surface area contributed by atoms with E-state index in [1.807, 2.05) is 12.1 Å². The van der Waals surface area contributed by atoms with Gasteiger partial charge in [-0.25, -0.2) is 4.85 Å². The van der Waals surface area contributed by atoms with Crippen molar-refractivity contribution in [1.82, 2.24) is 10.1 Å². The molecule has 0 saturated heterocycles. The number of carbonyl (C=O) groups excluding carboxylic acids is 2. The van der Waals surface area contributed by atoms with Crippen molar-refractivity contribution < 1.29 is 18.8 Å². The Balaban J connectivity index is 1.75. The lowest BCUT2D eigenvalue weighted by Gasteiger charge is -2.13. The maximum absolute atomic E-state index is 12.8. The number of rotatable bonds is 10. The number of ether oxygens (including phenoxy) is 1. The Bertz CT molecular complexity index is 1100. The summed E-state index contributed by atoms with van der Waals surface area (Å²) in [5, 5.41) is 4.65. The Hall–Kier alpha value is -3.50. The summed E-state index contributed by atoms with van der Waals surface area (Å²) < 4.78 is 10.1. The first kappa shape index (κ1) is 23.2. The quantitative estimate of drug-likeness (QED) is 0.321. The highest BCUT2D eigenvalue weighted by Crippen LogP contribution is 2.25. The van der Waals surface area contributed by atoms with Gasteiger partial charge in [0.25, 0.3) is 0 Å². The summed E-state index contributed by atoms with van der Waals surface area (Å²) in [6.45, 7) is 9.02. The van der Waals surface area contributed by atoms with Crippen LogP contribution in [-0.2, 0) is 33.6 Å². The third-order valence-electron chi connectivity index (χ3n) is 4.79. The highest BCUT2D eigenvalue weighted by atomic mass is 35.5. The minimum Gasteiger partial charge on any atom is -0.466 e. The van der Waals surface area contributed by atoms with E-state index in [1.165, 1.54) is 0 Å². The summed E-state index contributed by atoms with van der Waals surface area (Å²) in [5.41, 5.74) is 2.34. The third kappa shape index (κ3) is 6.76.